The van der Waals surface area contributed by atoms with Crippen LogP contribution in [0.5, 0.6) is 0 Å². The van der Waals surface area contributed by atoms with Crippen molar-refractivity contribution >= 4 is 21.8 Å². The first kappa shape index (κ1) is 14.8. The Kier molecular flexibility index (Phi) is 4.50. The molecule has 19 heavy (non-hydrogen) atoms. The highest BCUT2D eigenvalue weighted by Gasteiger charge is 2.31. The van der Waals surface area contributed by atoms with E-state index in [4.69, 9.17) is 5.73 Å². The summed E-state index contributed by atoms with van der Waals surface area (Å²) in [5.41, 5.74) is 6.09. The molecule has 1 saturated heterocycles. The van der Waals surface area contributed by atoms with Crippen LogP contribution in [0.1, 0.15) is 12.5 Å². The SMILES string of the molecule is CC1CN(S(=O)(=O)c2cc(CN)ccc2F)CCS1. The molecular weight excluding hydrogens is 287 g/mol. The zero-order chi connectivity index (χ0) is 14.0. The predicted octanol–water partition coefficient (Wildman–Crippen LogP) is 1.41. The van der Waals surface area contributed by atoms with Gasteiger partial charge in [0.25, 0.3) is 0 Å². The van der Waals surface area contributed by atoms with Gasteiger partial charge in [0.05, 0.1) is 0 Å². The standard InChI is InChI=1S/C12H17FN2O2S2/c1-9-8-15(4-5-18-9)19(16,17)12-6-10(7-14)2-3-11(12)13/h2-3,6,9H,4-5,7-8,14H2,1H3. The van der Waals surface area contributed by atoms with Crippen LogP contribution < -0.4 is 5.73 Å². The minimum Gasteiger partial charge on any atom is -0.326 e. The Morgan fingerprint density at radius 1 is 1.53 bits per heavy atom. The molecule has 0 saturated carbocycles. The van der Waals surface area contributed by atoms with Crippen molar-refractivity contribution in [2.75, 3.05) is 18.8 Å². The second-order valence-electron chi connectivity index (χ2n) is 4.51. The van der Waals surface area contributed by atoms with Crippen molar-refractivity contribution in [2.45, 2.75) is 23.6 Å². The van der Waals surface area contributed by atoms with Crippen molar-refractivity contribution in [2.24, 2.45) is 5.73 Å². The first-order chi connectivity index (χ1) is 8.95. The van der Waals surface area contributed by atoms with Crippen molar-refractivity contribution in [1.82, 2.24) is 4.31 Å². The summed E-state index contributed by atoms with van der Waals surface area (Å²) >= 11 is 1.73. The van der Waals surface area contributed by atoms with Gasteiger partial charge in [0.1, 0.15) is 10.7 Å². The Morgan fingerprint density at radius 2 is 2.26 bits per heavy atom. The zero-order valence-electron chi connectivity index (χ0n) is 10.7. The number of nitrogens with two attached hydrogens (primary N) is 1. The van der Waals surface area contributed by atoms with E-state index >= 15 is 0 Å². The first-order valence-electron chi connectivity index (χ1n) is 6.05. The van der Waals surface area contributed by atoms with Gasteiger partial charge in [-0.15, -0.1) is 0 Å². The number of hydrogen-bond donors (Lipinski definition) is 1. The van der Waals surface area contributed by atoms with Crippen molar-refractivity contribution in [3.63, 3.8) is 0 Å². The van der Waals surface area contributed by atoms with Crippen LogP contribution in [0.25, 0.3) is 0 Å². The highest BCUT2D eigenvalue weighted by atomic mass is 32.2. The Morgan fingerprint density at radius 3 is 2.89 bits per heavy atom. The molecule has 0 amide bonds. The molecule has 0 spiro atoms. The third kappa shape index (κ3) is 3.10. The molecule has 1 aromatic rings. The molecule has 1 aromatic carbocycles. The van der Waals surface area contributed by atoms with Crippen LogP contribution in [-0.2, 0) is 16.6 Å². The molecule has 1 heterocycles. The lowest BCUT2D eigenvalue weighted by molar-refractivity contribution is 0.420. The van der Waals surface area contributed by atoms with E-state index in [1.807, 2.05) is 6.92 Å². The molecule has 7 heteroatoms. The van der Waals surface area contributed by atoms with E-state index < -0.39 is 15.8 Å². The van der Waals surface area contributed by atoms with Crippen LogP contribution in [0.4, 0.5) is 4.39 Å². The van der Waals surface area contributed by atoms with Crippen LogP contribution in [-0.4, -0.2) is 36.8 Å². The maximum absolute atomic E-state index is 13.8. The third-order valence-electron chi connectivity index (χ3n) is 3.05. The van der Waals surface area contributed by atoms with Crippen molar-refractivity contribution in [3.8, 4) is 0 Å². The number of sulfonamides is 1. The van der Waals surface area contributed by atoms with E-state index in [0.717, 1.165) is 11.8 Å². The van der Waals surface area contributed by atoms with Gasteiger partial charge >= 0.3 is 0 Å². The van der Waals surface area contributed by atoms with Gasteiger partial charge in [-0.2, -0.15) is 16.1 Å². The van der Waals surface area contributed by atoms with E-state index in [-0.39, 0.29) is 16.7 Å². The minimum atomic E-state index is -3.77. The molecule has 1 fully saturated rings. The molecule has 106 valence electrons. The summed E-state index contributed by atoms with van der Waals surface area (Å²) in [6.45, 7) is 3.00. The second kappa shape index (κ2) is 5.78. The molecule has 0 radical (unpaired) electrons. The number of benzene rings is 1. The molecule has 2 rings (SSSR count). The molecular formula is C12H17FN2O2S2. The molecule has 2 N–H and O–H groups in total. The quantitative estimate of drug-likeness (QED) is 0.917. The highest BCUT2D eigenvalue weighted by Crippen LogP contribution is 2.26. The van der Waals surface area contributed by atoms with Gasteiger partial charge in [-0.25, -0.2) is 12.8 Å². The fraction of sp³-hybridized carbons (Fsp3) is 0.500. The highest BCUT2D eigenvalue weighted by molar-refractivity contribution is 8.00. The third-order valence-corrected chi connectivity index (χ3v) is 6.07. The average molecular weight is 304 g/mol. The van der Waals surface area contributed by atoms with Gasteiger partial charge in [-0.1, -0.05) is 13.0 Å². The normalized spacial score (nSPS) is 21.5. The van der Waals surface area contributed by atoms with Crippen LogP contribution in [0, 0.1) is 5.82 Å². The Balaban J connectivity index is 2.38. The van der Waals surface area contributed by atoms with Gasteiger partial charge in [-0.05, 0) is 17.7 Å². The number of hydrogen-bond acceptors (Lipinski definition) is 4. The van der Waals surface area contributed by atoms with E-state index in [0.29, 0.717) is 18.7 Å². The molecule has 4 nitrogen and oxygen atoms in total. The topological polar surface area (TPSA) is 63.4 Å². The lowest BCUT2D eigenvalue weighted by atomic mass is 10.2. The van der Waals surface area contributed by atoms with E-state index in [9.17, 15) is 12.8 Å². The van der Waals surface area contributed by atoms with Crippen molar-refractivity contribution in [1.29, 1.82) is 0 Å². The maximum atomic E-state index is 13.8. The van der Waals surface area contributed by atoms with Crippen LogP contribution in [0.3, 0.4) is 0 Å². The number of halogens is 1. The molecule has 0 bridgehead atoms. The number of rotatable bonds is 3. The minimum absolute atomic E-state index is 0.190. The van der Waals surface area contributed by atoms with E-state index in [1.54, 1.807) is 11.8 Å². The second-order valence-corrected chi connectivity index (χ2v) is 7.97. The maximum Gasteiger partial charge on any atom is 0.246 e. The molecule has 1 aliphatic rings. The summed E-state index contributed by atoms with van der Waals surface area (Å²) in [6.07, 6.45) is 0. The van der Waals surface area contributed by atoms with Crippen LogP contribution >= 0.6 is 11.8 Å². The van der Waals surface area contributed by atoms with Gasteiger partial charge in [0.15, 0.2) is 0 Å². The number of nitrogens with zero attached hydrogens (tertiary/aromatic N) is 1. The number of thioether (sulfide) groups is 1. The summed E-state index contributed by atoms with van der Waals surface area (Å²) in [6, 6.07) is 4.00. The fourth-order valence-corrected chi connectivity index (χ4v) is 4.88. The van der Waals surface area contributed by atoms with Gasteiger partial charge in [0.2, 0.25) is 10.0 Å². The fourth-order valence-electron chi connectivity index (χ4n) is 2.02. The van der Waals surface area contributed by atoms with Gasteiger partial charge < -0.3 is 5.73 Å². The zero-order valence-corrected chi connectivity index (χ0v) is 12.3. The van der Waals surface area contributed by atoms with Crippen LogP contribution in [0.15, 0.2) is 23.1 Å². The van der Waals surface area contributed by atoms with E-state index in [1.165, 1.54) is 16.4 Å². The lowest BCUT2D eigenvalue weighted by Crippen LogP contribution is -2.41. The van der Waals surface area contributed by atoms with Crippen molar-refractivity contribution < 1.29 is 12.8 Å². The predicted molar refractivity (Wildman–Crippen MR) is 75.0 cm³/mol. The average Bonchev–Trinajstić information content (AvgIpc) is 2.39. The molecule has 0 aliphatic carbocycles. The Labute approximate surface area is 117 Å². The smallest absolute Gasteiger partial charge is 0.246 e. The monoisotopic (exact) mass is 304 g/mol. The molecule has 1 aliphatic heterocycles. The summed E-state index contributed by atoms with van der Waals surface area (Å²) < 4.78 is 40.1. The summed E-state index contributed by atoms with van der Waals surface area (Å²) in [5.74, 6) is 0.0153. The molecule has 0 aromatic heterocycles. The first-order valence-corrected chi connectivity index (χ1v) is 8.54. The largest absolute Gasteiger partial charge is 0.326 e. The lowest BCUT2D eigenvalue weighted by Gasteiger charge is -2.29. The Hall–Kier alpha value is -0.630. The molecule has 1 unspecified atom stereocenters. The van der Waals surface area contributed by atoms with Crippen molar-refractivity contribution in [3.05, 3.63) is 29.6 Å². The van der Waals surface area contributed by atoms with Gasteiger partial charge in [-0.3, -0.25) is 0 Å². The summed E-state index contributed by atoms with van der Waals surface area (Å²) in [4.78, 5) is -0.269. The summed E-state index contributed by atoms with van der Waals surface area (Å²) in [5, 5.41) is 0.226. The summed E-state index contributed by atoms with van der Waals surface area (Å²) in [7, 11) is -3.77. The van der Waals surface area contributed by atoms with Gasteiger partial charge in [0, 0.05) is 30.6 Å². The van der Waals surface area contributed by atoms with E-state index in [2.05, 4.69) is 0 Å². The molecule has 1 atom stereocenters. The van der Waals surface area contributed by atoms with Crippen LogP contribution in [0.2, 0.25) is 0 Å². The Bertz CT molecular complexity index is 563.